The fourth-order valence-electron chi connectivity index (χ4n) is 2.02. The lowest BCUT2D eigenvalue weighted by molar-refractivity contribution is 0.196. The molecular formula is C16H17NO2. The molecule has 0 fully saturated rings. The van der Waals surface area contributed by atoms with E-state index in [0.717, 1.165) is 29.3 Å². The van der Waals surface area contributed by atoms with Crippen molar-refractivity contribution >= 4 is 10.9 Å². The topological polar surface area (TPSA) is 42.1 Å². The maximum Gasteiger partial charge on any atom is 0.264 e. The molecule has 0 aliphatic heterocycles. The zero-order chi connectivity index (χ0) is 13.7. The molecule has 1 aromatic heterocycles. The SMILES string of the molecule is COCCCC#Cc1c(C)c2ccccc2[nH]c1=O. The van der Waals surface area contributed by atoms with E-state index in [9.17, 15) is 4.79 Å². The second kappa shape index (κ2) is 6.21. The molecule has 3 nitrogen and oxygen atoms in total. The van der Waals surface area contributed by atoms with Crippen LogP contribution in [-0.2, 0) is 4.74 Å². The summed E-state index contributed by atoms with van der Waals surface area (Å²) >= 11 is 0. The maximum atomic E-state index is 12.0. The van der Waals surface area contributed by atoms with Crippen molar-refractivity contribution in [2.24, 2.45) is 0 Å². The molecule has 1 heterocycles. The van der Waals surface area contributed by atoms with E-state index < -0.39 is 0 Å². The van der Waals surface area contributed by atoms with Gasteiger partial charge in [0.05, 0.1) is 5.56 Å². The van der Waals surface area contributed by atoms with Crippen molar-refractivity contribution < 1.29 is 4.74 Å². The van der Waals surface area contributed by atoms with Crippen molar-refractivity contribution in [1.82, 2.24) is 4.98 Å². The number of nitrogens with one attached hydrogen (secondary N) is 1. The number of benzene rings is 1. The molecule has 0 spiro atoms. The van der Waals surface area contributed by atoms with E-state index in [1.165, 1.54) is 0 Å². The van der Waals surface area contributed by atoms with Gasteiger partial charge in [0.2, 0.25) is 0 Å². The summed E-state index contributed by atoms with van der Waals surface area (Å²) in [6.07, 6.45) is 1.62. The molecule has 0 bridgehead atoms. The van der Waals surface area contributed by atoms with Gasteiger partial charge in [0, 0.05) is 31.0 Å². The summed E-state index contributed by atoms with van der Waals surface area (Å²) in [6, 6.07) is 7.77. The Kier molecular flexibility index (Phi) is 4.38. The number of aromatic nitrogens is 1. The van der Waals surface area contributed by atoms with Crippen molar-refractivity contribution in [1.29, 1.82) is 0 Å². The van der Waals surface area contributed by atoms with Crippen molar-refractivity contribution in [3.8, 4) is 11.8 Å². The number of rotatable bonds is 3. The van der Waals surface area contributed by atoms with Crippen LogP contribution >= 0.6 is 0 Å². The van der Waals surface area contributed by atoms with Gasteiger partial charge < -0.3 is 9.72 Å². The number of aryl methyl sites for hydroxylation is 1. The Balaban J connectivity index is 2.35. The van der Waals surface area contributed by atoms with Crippen LogP contribution in [0.1, 0.15) is 24.0 Å². The number of hydrogen-bond donors (Lipinski definition) is 1. The fourth-order valence-corrected chi connectivity index (χ4v) is 2.02. The molecule has 0 aliphatic carbocycles. The number of methoxy groups -OCH3 is 1. The fraction of sp³-hybridized carbons (Fsp3) is 0.312. The zero-order valence-electron chi connectivity index (χ0n) is 11.2. The lowest BCUT2D eigenvalue weighted by Crippen LogP contribution is -2.12. The number of ether oxygens (including phenoxy) is 1. The Bertz CT molecular complexity index is 689. The number of aromatic amines is 1. The van der Waals surface area contributed by atoms with Crippen LogP contribution in [0.2, 0.25) is 0 Å². The molecule has 0 radical (unpaired) electrons. The van der Waals surface area contributed by atoms with Gasteiger partial charge in [-0.25, -0.2) is 0 Å². The van der Waals surface area contributed by atoms with Crippen molar-refractivity contribution in [2.45, 2.75) is 19.8 Å². The Morgan fingerprint density at radius 2 is 2.11 bits per heavy atom. The smallest absolute Gasteiger partial charge is 0.264 e. The predicted molar refractivity (Wildman–Crippen MR) is 77.3 cm³/mol. The standard InChI is InChI=1S/C16H17NO2/c1-12-13-8-5-6-10-15(13)17-16(18)14(12)9-4-3-7-11-19-2/h5-6,8,10H,3,7,11H2,1-2H3,(H,17,18). The molecule has 0 saturated heterocycles. The van der Waals surface area contributed by atoms with Crippen molar-refractivity contribution in [3.63, 3.8) is 0 Å². The first-order valence-electron chi connectivity index (χ1n) is 6.33. The third-order valence-electron chi connectivity index (χ3n) is 3.04. The average molecular weight is 255 g/mol. The van der Waals surface area contributed by atoms with E-state index in [1.807, 2.05) is 31.2 Å². The summed E-state index contributed by atoms with van der Waals surface area (Å²) in [7, 11) is 1.67. The highest BCUT2D eigenvalue weighted by Gasteiger charge is 2.05. The molecule has 0 unspecified atom stereocenters. The first kappa shape index (κ1) is 13.4. The lowest BCUT2D eigenvalue weighted by Gasteiger charge is -2.03. The van der Waals surface area contributed by atoms with Gasteiger partial charge in [0.25, 0.3) is 5.56 Å². The van der Waals surface area contributed by atoms with Crippen LogP contribution in [0.5, 0.6) is 0 Å². The highest BCUT2D eigenvalue weighted by molar-refractivity contribution is 5.83. The summed E-state index contributed by atoms with van der Waals surface area (Å²) in [5.41, 5.74) is 2.25. The molecule has 2 rings (SSSR count). The van der Waals surface area contributed by atoms with E-state index >= 15 is 0 Å². The van der Waals surface area contributed by atoms with Crippen molar-refractivity contribution in [2.75, 3.05) is 13.7 Å². The van der Waals surface area contributed by atoms with Crippen LogP contribution in [-0.4, -0.2) is 18.7 Å². The predicted octanol–water partition coefficient (Wildman–Crippen LogP) is 2.61. The molecule has 1 N–H and O–H groups in total. The Morgan fingerprint density at radius 3 is 2.89 bits per heavy atom. The molecular weight excluding hydrogens is 238 g/mol. The summed E-state index contributed by atoms with van der Waals surface area (Å²) in [5.74, 6) is 6.02. The molecule has 0 aliphatic rings. The van der Waals surface area contributed by atoms with Crippen LogP contribution < -0.4 is 5.56 Å². The van der Waals surface area contributed by atoms with E-state index in [4.69, 9.17) is 4.74 Å². The Morgan fingerprint density at radius 1 is 1.32 bits per heavy atom. The molecule has 19 heavy (non-hydrogen) atoms. The highest BCUT2D eigenvalue weighted by Crippen LogP contribution is 2.16. The summed E-state index contributed by atoms with van der Waals surface area (Å²) < 4.78 is 4.96. The van der Waals surface area contributed by atoms with E-state index in [1.54, 1.807) is 7.11 Å². The maximum absolute atomic E-state index is 12.0. The second-order valence-electron chi connectivity index (χ2n) is 4.40. The summed E-state index contributed by atoms with van der Waals surface area (Å²) in [4.78, 5) is 14.9. The Hall–Kier alpha value is -2.05. The number of H-pyrrole nitrogens is 1. The Labute approximate surface area is 112 Å². The van der Waals surface area contributed by atoms with Gasteiger partial charge in [0.1, 0.15) is 0 Å². The van der Waals surface area contributed by atoms with Gasteiger partial charge in [-0.05, 0) is 25.0 Å². The van der Waals surface area contributed by atoms with Crippen LogP contribution in [0.3, 0.4) is 0 Å². The van der Waals surface area contributed by atoms with Crippen LogP contribution in [0, 0.1) is 18.8 Å². The third kappa shape index (κ3) is 3.04. The normalized spacial score (nSPS) is 10.2. The van der Waals surface area contributed by atoms with Crippen LogP contribution in [0.4, 0.5) is 0 Å². The third-order valence-corrected chi connectivity index (χ3v) is 3.04. The summed E-state index contributed by atoms with van der Waals surface area (Å²) in [5, 5.41) is 1.04. The number of pyridine rings is 1. The first-order valence-corrected chi connectivity index (χ1v) is 6.33. The van der Waals surface area contributed by atoms with Gasteiger partial charge in [-0.2, -0.15) is 0 Å². The lowest BCUT2D eigenvalue weighted by atomic mass is 10.1. The van der Waals surface area contributed by atoms with Gasteiger partial charge in [-0.3, -0.25) is 4.79 Å². The average Bonchev–Trinajstić information content (AvgIpc) is 2.42. The minimum Gasteiger partial charge on any atom is -0.385 e. The van der Waals surface area contributed by atoms with E-state index in [-0.39, 0.29) is 5.56 Å². The largest absolute Gasteiger partial charge is 0.385 e. The first-order chi connectivity index (χ1) is 9.24. The quantitative estimate of drug-likeness (QED) is 0.676. The number of hydrogen-bond acceptors (Lipinski definition) is 2. The van der Waals surface area contributed by atoms with Crippen LogP contribution in [0.15, 0.2) is 29.1 Å². The van der Waals surface area contributed by atoms with Crippen LogP contribution in [0.25, 0.3) is 10.9 Å². The number of unbranched alkanes of at least 4 members (excludes halogenated alkanes) is 1. The van der Waals surface area contributed by atoms with Gasteiger partial charge in [-0.1, -0.05) is 30.0 Å². The monoisotopic (exact) mass is 255 g/mol. The summed E-state index contributed by atoms with van der Waals surface area (Å²) in [6.45, 7) is 2.64. The molecule has 3 heteroatoms. The molecule has 0 amide bonds. The minimum absolute atomic E-state index is 0.115. The van der Waals surface area contributed by atoms with Gasteiger partial charge in [0.15, 0.2) is 0 Å². The number of para-hydroxylation sites is 1. The molecule has 0 saturated carbocycles. The van der Waals surface area contributed by atoms with E-state index in [2.05, 4.69) is 16.8 Å². The highest BCUT2D eigenvalue weighted by atomic mass is 16.5. The molecule has 98 valence electrons. The van der Waals surface area contributed by atoms with Gasteiger partial charge >= 0.3 is 0 Å². The van der Waals surface area contributed by atoms with E-state index in [0.29, 0.717) is 12.2 Å². The molecule has 2 aromatic rings. The minimum atomic E-state index is -0.115. The number of fused-ring (bicyclic) bond motifs is 1. The molecule has 0 atom stereocenters. The van der Waals surface area contributed by atoms with Crippen molar-refractivity contribution in [3.05, 3.63) is 45.7 Å². The zero-order valence-corrected chi connectivity index (χ0v) is 11.2. The van der Waals surface area contributed by atoms with Gasteiger partial charge in [-0.15, -0.1) is 0 Å². The molecule has 1 aromatic carbocycles. The second-order valence-corrected chi connectivity index (χ2v) is 4.40.